The van der Waals surface area contributed by atoms with E-state index in [1.165, 1.54) is 0 Å². The number of hydrogen-bond acceptors (Lipinski definition) is 7. The van der Waals surface area contributed by atoms with Gasteiger partial charge in [0.1, 0.15) is 6.61 Å². The van der Waals surface area contributed by atoms with Gasteiger partial charge in [-0.05, 0) is 25.1 Å². The molecule has 2 heterocycles. The summed E-state index contributed by atoms with van der Waals surface area (Å²) < 4.78 is 23.8. The molecule has 0 fully saturated rings. The predicted octanol–water partition coefficient (Wildman–Crippen LogP) is 3.53. The second kappa shape index (κ2) is 8.69. The van der Waals surface area contributed by atoms with Crippen LogP contribution in [0.15, 0.2) is 53.7 Å². The molecule has 0 unspecified atom stereocenters. The predicted molar refractivity (Wildman–Crippen MR) is 117 cm³/mol. The number of fused-ring (bicyclic) bond motifs is 3. The lowest BCUT2D eigenvalue weighted by Crippen LogP contribution is -2.29. The molecule has 0 saturated carbocycles. The van der Waals surface area contributed by atoms with Crippen LogP contribution < -0.4 is 14.8 Å². The van der Waals surface area contributed by atoms with Crippen molar-refractivity contribution in [3.8, 4) is 11.5 Å². The zero-order valence-corrected chi connectivity index (χ0v) is 18.0. The van der Waals surface area contributed by atoms with Crippen molar-refractivity contribution in [2.24, 2.45) is 0 Å². The molecule has 162 valence electrons. The molecule has 0 saturated heterocycles. The van der Waals surface area contributed by atoms with Gasteiger partial charge in [-0.15, -0.1) is 0 Å². The van der Waals surface area contributed by atoms with Crippen molar-refractivity contribution < 1.29 is 23.7 Å². The molecule has 0 radical (unpaired) electrons. The second-order valence-electron chi connectivity index (χ2n) is 7.07. The van der Waals surface area contributed by atoms with Crippen LogP contribution in [-0.4, -0.2) is 50.1 Å². The number of carbonyl (C=O) groups is 1. The molecule has 0 spiro atoms. The van der Waals surface area contributed by atoms with Crippen molar-refractivity contribution in [2.75, 3.05) is 39.9 Å². The summed E-state index contributed by atoms with van der Waals surface area (Å²) in [7, 11) is 4.74. The van der Waals surface area contributed by atoms with E-state index < -0.39 is 12.0 Å². The third-order valence-corrected chi connectivity index (χ3v) is 5.30. The minimum Gasteiger partial charge on any atom is -0.493 e. The maximum Gasteiger partial charge on any atom is 0.338 e. The van der Waals surface area contributed by atoms with E-state index >= 15 is 0 Å². The number of methoxy groups -OCH3 is 3. The molecule has 1 aromatic heterocycles. The van der Waals surface area contributed by atoms with E-state index in [-0.39, 0.29) is 6.61 Å². The number of nitrogens with one attached hydrogen (secondary N) is 1. The highest BCUT2D eigenvalue weighted by Gasteiger charge is 2.37. The van der Waals surface area contributed by atoms with E-state index in [1.807, 2.05) is 54.0 Å². The molecule has 1 N–H and O–H groups in total. The lowest BCUT2D eigenvalue weighted by atomic mass is 9.94. The summed E-state index contributed by atoms with van der Waals surface area (Å²) in [6.07, 6.45) is 0. The smallest absolute Gasteiger partial charge is 0.338 e. The van der Waals surface area contributed by atoms with E-state index in [2.05, 4.69) is 5.32 Å². The fourth-order valence-electron chi connectivity index (χ4n) is 3.95. The largest absolute Gasteiger partial charge is 0.493 e. The Hall–Kier alpha value is -3.52. The van der Waals surface area contributed by atoms with Gasteiger partial charge >= 0.3 is 5.97 Å². The molecule has 31 heavy (non-hydrogen) atoms. The topological polar surface area (TPSA) is 83.8 Å². The zero-order chi connectivity index (χ0) is 22.0. The molecule has 1 aliphatic heterocycles. The number of anilines is 1. The highest BCUT2D eigenvalue weighted by atomic mass is 16.6. The minimum atomic E-state index is -0.524. The summed E-state index contributed by atoms with van der Waals surface area (Å²) in [5.41, 5.74) is 3.61. The number of rotatable bonds is 7. The quantitative estimate of drug-likeness (QED) is 0.460. The van der Waals surface area contributed by atoms with Crippen molar-refractivity contribution in [2.45, 2.75) is 13.0 Å². The van der Waals surface area contributed by atoms with Crippen LogP contribution in [0.5, 0.6) is 11.5 Å². The Labute approximate surface area is 180 Å². The molecule has 1 atom stereocenters. The standard InChI is InChI=1S/C23H25N3O5/c1-14-19(22(27)31-13-12-28-2)20(15-8-7-11-18(29-3)21(15)30-4)26-17-10-6-5-9-16(17)25-23(26)24-14/h5-11,20H,12-13H2,1-4H3,(H,24,25)/t20-/m1/s1. The van der Waals surface area contributed by atoms with Gasteiger partial charge in [-0.3, -0.25) is 4.57 Å². The van der Waals surface area contributed by atoms with Crippen LogP contribution in [0.4, 0.5) is 5.95 Å². The first-order chi connectivity index (χ1) is 15.1. The van der Waals surface area contributed by atoms with Gasteiger partial charge in [0.25, 0.3) is 0 Å². The number of nitrogens with zero attached hydrogens (tertiary/aromatic N) is 2. The highest BCUT2D eigenvalue weighted by Crippen LogP contribution is 2.45. The number of hydrogen-bond donors (Lipinski definition) is 1. The third-order valence-electron chi connectivity index (χ3n) is 5.30. The lowest BCUT2D eigenvalue weighted by molar-refractivity contribution is -0.140. The van der Waals surface area contributed by atoms with Crippen molar-refractivity contribution >= 4 is 23.0 Å². The van der Waals surface area contributed by atoms with Gasteiger partial charge in [0.15, 0.2) is 11.5 Å². The highest BCUT2D eigenvalue weighted by molar-refractivity contribution is 5.94. The molecule has 2 aromatic carbocycles. The fourth-order valence-corrected chi connectivity index (χ4v) is 3.95. The van der Waals surface area contributed by atoms with Crippen molar-refractivity contribution in [1.82, 2.24) is 9.55 Å². The van der Waals surface area contributed by atoms with Crippen LogP contribution >= 0.6 is 0 Å². The molecular weight excluding hydrogens is 398 g/mol. The van der Waals surface area contributed by atoms with Crippen molar-refractivity contribution in [1.29, 1.82) is 0 Å². The molecule has 4 rings (SSSR count). The molecule has 8 heteroatoms. The number of para-hydroxylation sites is 3. The second-order valence-corrected chi connectivity index (χ2v) is 7.07. The summed E-state index contributed by atoms with van der Waals surface area (Å²) in [5, 5.41) is 3.26. The van der Waals surface area contributed by atoms with E-state index in [9.17, 15) is 4.79 Å². The van der Waals surface area contributed by atoms with Gasteiger partial charge in [-0.1, -0.05) is 24.3 Å². The van der Waals surface area contributed by atoms with Gasteiger partial charge in [0.05, 0.1) is 43.5 Å². The van der Waals surface area contributed by atoms with Gasteiger partial charge in [0, 0.05) is 18.4 Å². The van der Waals surface area contributed by atoms with E-state index in [1.54, 1.807) is 21.3 Å². The van der Waals surface area contributed by atoms with E-state index in [4.69, 9.17) is 23.9 Å². The van der Waals surface area contributed by atoms with Gasteiger partial charge in [-0.2, -0.15) is 0 Å². The number of aromatic nitrogens is 2. The molecule has 8 nitrogen and oxygen atoms in total. The SMILES string of the molecule is COCCOC(=O)C1=C(C)Nc2nc3ccccc3n2[C@@H]1c1cccc(OC)c1OC. The van der Waals surface area contributed by atoms with Crippen LogP contribution in [0.2, 0.25) is 0 Å². The van der Waals surface area contributed by atoms with Crippen LogP contribution in [-0.2, 0) is 14.3 Å². The Bertz CT molecular complexity index is 1150. The van der Waals surface area contributed by atoms with E-state index in [0.29, 0.717) is 35.3 Å². The summed E-state index contributed by atoms with van der Waals surface area (Å²) in [5.74, 6) is 1.34. The first kappa shape index (κ1) is 20.7. The molecule has 3 aromatic rings. The third kappa shape index (κ3) is 3.59. The number of esters is 1. The van der Waals surface area contributed by atoms with Crippen LogP contribution in [0.3, 0.4) is 0 Å². The summed E-state index contributed by atoms with van der Waals surface area (Å²) in [6, 6.07) is 12.9. The Balaban J connectivity index is 1.94. The molecule has 0 aliphatic carbocycles. The van der Waals surface area contributed by atoms with Gasteiger partial charge < -0.3 is 24.3 Å². The molecule has 1 aliphatic rings. The number of imidazole rings is 1. The summed E-state index contributed by atoms with van der Waals surface area (Å²) in [4.78, 5) is 17.9. The summed E-state index contributed by atoms with van der Waals surface area (Å²) in [6.45, 7) is 2.32. The molecule has 0 bridgehead atoms. The number of ether oxygens (including phenoxy) is 4. The van der Waals surface area contributed by atoms with Gasteiger partial charge in [0.2, 0.25) is 5.95 Å². The normalized spacial score (nSPS) is 15.4. The first-order valence-electron chi connectivity index (χ1n) is 9.92. The van der Waals surface area contributed by atoms with E-state index in [0.717, 1.165) is 16.6 Å². The number of allylic oxidation sites excluding steroid dienone is 1. The van der Waals surface area contributed by atoms with Crippen LogP contribution in [0.25, 0.3) is 11.0 Å². The number of benzene rings is 2. The maximum absolute atomic E-state index is 13.2. The lowest BCUT2D eigenvalue weighted by Gasteiger charge is -2.31. The fraction of sp³-hybridized carbons (Fsp3) is 0.304. The molecule has 0 amide bonds. The average Bonchev–Trinajstić information content (AvgIpc) is 3.15. The minimum absolute atomic E-state index is 0.158. The Morgan fingerprint density at radius 3 is 2.61 bits per heavy atom. The first-order valence-corrected chi connectivity index (χ1v) is 9.92. The Morgan fingerprint density at radius 2 is 1.87 bits per heavy atom. The van der Waals surface area contributed by atoms with Gasteiger partial charge in [-0.25, -0.2) is 9.78 Å². The molecular formula is C23H25N3O5. The Kier molecular flexibility index (Phi) is 5.81. The van der Waals surface area contributed by atoms with Crippen molar-refractivity contribution in [3.05, 3.63) is 59.3 Å². The number of carbonyl (C=O) groups excluding carboxylic acids is 1. The van der Waals surface area contributed by atoms with Crippen LogP contribution in [0, 0.1) is 0 Å². The average molecular weight is 423 g/mol. The van der Waals surface area contributed by atoms with Crippen LogP contribution in [0.1, 0.15) is 18.5 Å². The van der Waals surface area contributed by atoms with Crippen molar-refractivity contribution in [3.63, 3.8) is 0 Å². The Morgan fingerprint density at radius 1 is 1.06 bits per heavy atom. The maximum atomic E-state index is 13.2. The monoisotopic (exact) mass is 423 g/mol. The summed E-state index contributed by atoms with van der Waals surface area (Å²) >= 11 is 0. The zero-order valence-electron chi connectivity index (χ0n) is 18.0.